The molecule has 0 spiro atoms. The lowest BCUT2D eigenvalue weighted by molar-refractivity contribution is -0.384. The summed E-state index contributed by atoms with van der Waals surface area (Å²) in [7, 11) is 3.40. The largest absolute Gasteiger partial charge is 0.459 e. The Balaban J connectivity index is 1.44. The fourth-order valence-corrected chi connectivity index (χ4v) is 11.0. The van der Waals surface area contributed by atoms with Crippen molar-refractivity contribution < 1.29 is 63.7 Å². The Morgan fingerprint density at radius 2 is 1.65 bits per heavy atom. The molecule has 3 aliphatic heterocycles. The number of nitrogens with zero attached hydrogens (tertiary/aromatic N) is 6. The van der Waals surface area contributed by atoms with Gasteiger partial charge in [0.1, 0.15) is 30.0 Å². The van der Waals surface area contributed by atoms with Crippen molar-refractivity contribution >= 4 is 11.7 Å². The number of benzene rings is 1. The Labute approximate surface area is 419 Å². The number of cyclic esters (lactones) is 1. The SMILES string of the molecule is CC[C@H]1OC(=O)[C@H](C)[C@@H](O[C@H]2C[C@@](C)(OC)[C@@H](O)[C@H](C)O2)[C@H](C)[C@@H](O[C@@H]2O[C@H](C)C[C@H](N(C)CCc3cn(CCc4ccc([N+](=O)[O-])cc4)nn3)[C@H]2O)[C@](C)(O)C[C@@H](C)CN(CCN)[C@H](C)[C@@H](O)[C@]1(C)O. The minimum atomic E-state index is -1.89. The molecule has 0 aliphatic carbocycles. The number of aliphatic hydroxyl groups excluding tert-OH is 3. The number of hydrogen-bond acceptors (Lipinski definition) is 19. The lowest BCUT2D eigenvalue weighted by Crippen LogP contribution is -2.61. The second-order valence-corrected chi connectivity index (χ2v) is 21.4. The Morgan fingerprint density at radius 3 is 2.27 bits per heavy atom. The van der Waals surface area contributed by atoms with Crippen molar-refractivity contribution in [2.45, 2.75) is 205 Å². The van der Waals surface area contributed by atoms with E-state index in [1.165, 1.54) is 26.2 Å². The average molecular weight is 1010 g/mol. The van der Waals surface area contributed by atoms with Gasteiger partial charge in [0.15, 0.2) is 12.6 Å². The number of likely N-dealkylation sites (N-methyl/N-ethyl adjacent to an activating group) is 1. The number of nitro benzene ring substituents is 1. The standard InChI is InChI=1S/C50H85N7O14/c1-13-39-50(10,63)43(59)33(6)55(23-20-51)27-29(2)25-48(8,62)45(31(4)42(32(5)46(61)69-39)70-40-26-49(9,66-12)44(60)34(7)68-40)71-47-41(58)38(24-30(3)67-47)54(11)21-19-36-28-56(53-52-36)22-18-35-14-16-37(17-15-35)57(64)65/h14-17,28-34,38-45,47,58-60,62-63H,13,18-27,51H2,1-12H3/t29-,30-,31+,32-,33-,34+,38+,39-,40+,41-,42+,43-,44+,45-,47+,48-,49-,50-/m1/s1. The maximum atomic E-state index is 14.5. The van der Waals surface area contributed by atoms with Crippen molar-refractivity contribution in [3.05, 3.63) is 51.8 Å². The summed E-state index contributed by atoms with van der Waals surface area (Å²) in [5.74, 6) is -2.92. The van der Waals surface area contributed by atoms with E-state index in [0.29, 0.717) is 45.4 Å². The van der Waals surface area contributed by atoms with E-state index in [2.05, 4.69) is 10.3 Å². The molecule has 0 bridgehead atoms. The quantitative estimate of drug-likeness (QED) is 0.0801. The van der Waals surface area contributed by atoms with Gasteiger partial charge in [-0.05, 0) is 92.7 Å². The van der Waals surface area contributed by atoms with E-state index in [1.807, 2.05) is 36.9 Å². The number of non-ortho nitro benzene ring substituents is 1. The first-order valence-corrected chi connectivity index (χ1v) is 25.4. The molecule has 0 amide bonds. The first kappa shape index (κ1) is 58.6. The van der Waals surface area contributed by atoms with E-state index in [0.717, 1.165) is 11.3 Å². The summed E-state index contributed by atoms with van der Waals surface area (Å²) in [6.07, 6.45) is -6.46. The molecule has 7 N–H and O–H groups in total. The first-order valence-electron chi connectivity index (χ1n) is 25.4. The Bertz CT molecular complexity index is 2000. The number of aryl methyl sites for hydroxylation is 2. The predicted molar refractivity (Wildman–Crippen MR) is 262 cm³/mol. The summed E-state index contributed by atoms with van der Waals surface area (Å²) >= 11 is 0. The number of nitro groups is 1. The number of carbonyl (C=O) groups is 1. The fourth-order valence-electron chi connectivity index (χ4n) is 11.0. The molecule has 18 atom stereocenters. The van der Waals surface area contributed by atoms with Crippen LogP contribution in [0.2, 0.25) is 0 Å². The van der Waals surface area contributed by atoms with Gasteiger partial charge in [0, 0.05) is 89.0 Å². The second-order valence-electron chi connectivity index (χ2n) is 21.4. The normalized spacial score (nSPS) is 39.4. The molecule has 404 valence electrons. The number of esters is 1. The van der Waals surface area contributed by atoms with Crippen LogP contribution in [0.4, 0.5) is 5.69 Å². The lowest BCUT2D eigenvalue weighted by atomic mass is 9.77. The molecule has 3 fully saturated rings. The third-order valence-corrected chi connectivity index (χ3v) is 15.4. The molecule has 21 nitrogen and oxygen atoms in total. The maximum Gasteiger partial charge on any atom is 0.311 e. The van der Waals surface area contributed by atoms with Gasteiger partial charge >= 0.3 is 5.97 Å². The fraction of sp³-hybridized carbons (Fsp3) is 0.820. The van der Waals surface area contributed by atoms with E-state index < -0.39 is 107 Å². The lowest BCUT2D eigenvalue weighted by Gasteiger charge is -2.49. The number of aliphatic hydroxyl groups is 5. The highest BCUT2D eigenvalue weighted by Gasteiger charge is 2.53. The highest BCUT2D eigenvalue weighted by Crippen LogP contribution is 2.40. The van der Waals surface area contributed by atoms with E-state index in [-0.39, 0.29) is 43.5 Å². The van der Waals surface area contributed by atoms with Crippen molar-refractivity contribution in [2.75, 3.05) is 40.3 Å². The smallest absolute Gasteiger partial charge is 0.311 e. The minimum absolute atomic E-state index is 0.0339. The molecule has 3 aliphatic rings. The van der Waals surface area contributed by atoms with Crippen molar-refractivity contribution in [1.29, 1.82) is 0 Å². The van der Waals surface area contributed by atoms with Crippen molar-refractivity contribution in [1.82, 2.24) is 24.8 Å². The molecule has 4 heterocycles. The zero-order chi connectivity index (χ0) is 52.7. The molecule has 71 heavy (non-hydrogen) atoms. The maximum absolute atomic E-state index is 14.5. The van der Waals surface area contributed by atoms with Gasteiger partial charge in [-0.2, -0.15) is 0 Å². The van der Waals surface area contributed by atoms with Crippen molar-refractivity contribution in [3.8, 4) is 0 Å². The summed E-state index contributed by atoms with van der Waals surface area (Å²) < 4.78 is 40.0. The van der Waals surface area contributed by atoms with Crippen LogP contribution >= 0.6 is 0 Å². The van der Waals surface area contributed by atoms with Gasteiger partial charge in [0.2, 0.25) is 0 Å². The van der Waals surface area contributed by atoms with Gasteiger partial charge in [0.25, 0.3) is 5.69 Å². The van der Waals surface area contributed by atoms with Gasteiger partial charge in [-0.3, -0.25) is 24.5 Å². The molecular formula is C50H85N7O14. The number of ether oxygens (including phenoxy) is 6. The Hall–Kier alpha value is -3.29. The van der Waals surface area contributed by atoms with Crippen LogP contribution in [0.5, 0.6) is 0 Å². The molecule has 5 rings (SSSR count). The average Bonchev–Trinajstić information content (AvgIpc) is 3.78. The first-order chi connectivity index (χ1) is 33.3. The number of aromatic nitrogens is 3. The summed E-state index contributed by atoms with van der Waals surface area (Å²) in [5, 5.41) is 79.8. The Morgan fingerprint density at radius 1 is 0.972 bits per heavy atom. The topological polar surface area (TPSA) is 280 Å². The van der Waals surface area contributed by atoms with E-state index in [9.17, 15) is 40.4 Å². The molecule has 1 aromatic heterocycles. The van der Waals surface area contributed by atoms with E-state index in [1.54, 1.807) is 65.3 Å². The van der Waals surface area contributed by atoms with Crippen LogP contribution in [0.1, 0.15) is 106 Å². The van der Waals surface area contributed by atoms with Crippen LogP contribution in [0.3, 0.4) is 0 Å². The molecule has 3 saturated heterocycles. The van der Waals surface area contributed by atoms with Crippen molar-refractivity contribution in [3.63, 3.8) is 0 Å². The minimum Gasteiger partial charge on any atom is -0.459 e. The van der Waals surface area contributed by atoms with Gasteiger partial charge in [-0.25, -0.2) is 0 Å². The molecule has 2 aromatic rings. The van der Waals surface area contributed by atoms with Crippen LogP contribution in [0.25, 0.3) is 0 Å². The number of methoxy groups -OCH3 is 1. The Kier molecular flexibility index (Phi) is 20.5. The molecular weight excluding hydrogens is 923 g/mol. The summed E-state index contributed by atoms with van der Waals surface area (Å²) in [5.41, 5.74) is 3.17. The molecule has 0 saturated carbocycles. The highest BCUT2D eigenvalue weighted by atomic mass is 16.7. The second kappa shape index (κ2) is 24.8. The predicted octanol–water partition coefficient (Wildman–Crippen LogP) is 2.58. The molecule has 0 radical (unpaired) electrons. The summed E-state index contributed by atoms with van der Waals surface area (Å²) in [6, 6.07) is 5.33. The van der Waals surface area contributed by atoms with Gasteiger partial charge in [-0.15, -0.1) is 5.10 Å². The van der Waals surface area contributed by atoms with E-state index >= 15 is 0 Å². The zero-order valence-corrected chi connectivity index (χ0v) is 44.0. The van der Waals surface area contributed by atoms with E-state index in [4.69, 9.17) is 34.2 Å². The molecule has 21 heteroatoms. The van der Waals surface area contributed by atoms with Crippen LogP contribution in [0.15, 0.2) is 30.5 Å². The monoisotopic (exact) mass is 1010 g/mol. The van der Waals surface area contributed by atoms with Gasteiger partial charge in [0.05, 0.1) is 52.2 Å². The van der Waals surface area contributed by atoms with Crippen LogP contribution in [-0.4, -0.2) is 192 Å². The van der Waals surface area contributed by atoms with Gasteiger partial charge in [-0.1, -0.05) is 38.1 Å². The summed E-state index contributed by atoms with van der Waals surface area (Å²) in [4.78, 5) is 29.2. The number of nitrogens with two attached hydrogens (primary N) is 1. The van der Waals surface area contributed by atoms with Crippen LogP contribution < -0.4 is 5.73 Å². The third-order valence-electron chi connectivity index (χ3n) is 15.4. The number of hydrogen-bond donors (Lipinski definition) is 6. The zero-order valence-electron chi connectivity index (χ0n) is 44.0. The van der Waals surface area contributed by atoms with Gasteiger partial charge < -0.3 is 64.6 Å². The van der Waals surface area contributed by atoms with Crippen molar-refractivity contribution in [2.24, 2.45) is 23.5 Å². The molecule has 1 aromatic carbocycles. The summed E-state index contributed by atoms with van der Waals surface area (Å²) in [6.45, 7) is 19.4. The van der Waals surface area contributed by atoms with Crippen LogP contribution in [-0.2, 0) is 52.6 Å². The number of rotatable bonds is 16. The molecule has 0 unspecified atom stereocenters. The highest BCUT2D eigenvalue weighted by molar-refractivity contribution is 5.73. The van der Waals surface area contributed by atoms with Crippen LogP contribution in [0, 0.1) is 27.9 Å². The number of carbonyl (C=O) groups excluding carboxylic acids is 1. The third kappa shape index (κ3) is 14.3.